The quantitative estimate of drug-likeness (QED) is 0.524. The third-order valence-corrected chi connectivity index (χ3v) is 4.78. The zero-order valence-corrected chi connectivity index (χ0v) is 16.6. The number of benzene rings is 2. The van der Waals surface area contributed by atoms with Crippen LogP contribution in [0.1, 0.15) is 16.1 Å². The smallest absolute Gasteiger partial charge is 0.332 e. The van der Waals surface area contributed by atoms with Gasteiger partial charge < -0.3 is 20.2 Å². The van der Waals surface area contributed by atoms with E-state index in [2.05, 4.69) is 15.0 Å². The number of nitrogens with one attached hydrogen (secondary N) is 1. The molecule has 0 unspecified atom stereocenters. The van der Waals surface area contributed by atoms with Gasteiger partial charge in [-0.1, -0.05) is 30.3 Å². The molecule has 152 valence electrons. The number of nitrogens with zero attached hydrogens (tertiary/aromatic N) is 3. The Morgan fingerprint density at radius 3 is 2.50 bits per heavy atom. The number of aromatic nitrogens is 4. The molecule has 4 aromatic rings. The van der Waals surface area contributed by atoms with E-state index in [1.54, 1.807) is 18.2 Å². The van der Waals surface area contributed by atoms with Crippen molar-refractivity contribution in [3.8, 4) is 28.6 Å². The third kappa shape index (κ3) is 2.96. The van der Waals surface area contributed by atoms with Gasteiger partial charge in [-0.2, -0.15) is 0 Å². The van der Waals surface area contributed by atoms with Gasteiger partial charge in [0.05, 0.1) is 19.9 Å². The number of methoxy groups -OCH3 is 2. The van der Waals surface area contributed by atoms with Gasteiger partial charge in [0.25, 0.3) is 5.91 Å². The molecule has 0 spiro atoms. The Morgan fingerprint density at radius 2 is 1.83 bits per heavy atom. The molecule has 9 nitrogen and oxygen atoms in total. The maximum atomic E-state index is 12.9. The number of carbonyl (C=O) groups is 1. The van der Waals surface area contributed by atoms with Crippen molar-refractivity contribution in [2.24, 2.45) is 5.73 Å². The molecule has 2 aromatic heterocycles. The second kappa shape index (κ2) is 7.36. The summed E-state index contributed by atoms with van der Waals surface area (Å²) < 4.78 is 12.1. The number of hydrogen-bond donors (Lipinski definition) is 2. The number of fused-ring (bicyclic) bond motifs is 1. The molecule has 0 saturated carbocycles. The van der Waals surface area contributed by atoms with Crippen LogP contribution in [0.4, 0.5) is 0 Å². The number of carbonyl (C=O) groups excluding carboxylic acids is 1. The van der Waals surface area contributed by atoms with E-state index >= 15 is 0 Å². The van der Waals surface area contributed by atoms with Gasteiger partial charge in [0, 0.05) is 5.56 Å². The lowest BCUT2D eigenvalue weighted by Crippen LogP contribution is -2.16. The molecule has 0 atom stereocenters. The van der Waals surface area contributed by atoms with E-state index in [9.17, 15) is 9.59 Å². The van der Waals surface area contributed by atoms with Crippen molar-refractivity contribution in [2.45, 2.75) is 6.92 Å². The molecule has 4 rings (SSSR count). The summed E-state index contributed by atoms with van der Waals surface area (Å²) in [7, 11) is 2.98. The van der Waals surface area contributed by atoms with E-state index in [0.29, 0.717) is 17.2 Å². The summed E-state index contributed by atoms with van der Waals surface area (Å²) in [5.74, 6) is 0.298. The number of primary amides is 1. The number of ether oxygens (including phenoxy) is 2. The van der Waals surface area contributed by atoms with Gasteiger partial charge >= 0.3 is 5.69 Å². The molecule has 3 N–H and O–H groups in total. The number of aryl methyl sites for hydroxylation is 1. The fraction of sp³-hybridized carbons (Fsp3) is 0.143. The number of para-hydroxylation sites is 1. The molecular formula is C21H19N5O4. The number of amides is 1. The number of hydrogen-bond acceptors (Lipinski definition) is 6. The van der Waals surface area contributed by atoms with Crippen molar-refractivity contribution < 1.29 is 14.3 Å². The summed E-state index contributed by atoms with van der Waals surface area (Å²) in [6.45, 7) is 1.90. The van der Waals surface area contributed by atoms with Gasteiger partial charge in [0.1, 0.15) is 5.52 Å². The monoisotopic (exact) mass is 405 g/mol. The molecule has 0 aliphatic carbocycles. The minimum atomic E-state index is -0.775. The zero-order valence-electron chi connectivity index (χ0n) is 16.6. The Balaban J connectivity index is 2.11. The molecular weight excluding hydrogens is 386 g/mol. The average molecular weight is 405 g/mol. The maximum absolute atomic E-state index is 12.9. The molecule has 0 saturated heterocycles. The van der Waals surface area contributed by atoms with E-state index < -0.39 is 11.6 Å². The van der Waals surface area contributed by atoms with Crippen LogP contribution in [0.2, 0.25) is 0 Å². The predicted molar refractivity (Wildman–Crippen MR) is 111 cm³/mol. The largest absolute Gasteiger partial charge is 0.493 e. The molecule has 0 radical (unpaired) electrons. The Hall–Kier alpha value is -4.14. The molecule has 2 heterocycles. The van der Waals surface area contributed by atoms with Crippen LogP contribution in [0.5, 0.6) is 11.5 Å². The summed E-state index contributed by atoms with van der Waals surface area (Å²) in [6.07, 6.45) is 0. The minimum absolute atomic E-state index is 0.0732. The van der Waals surface area contributed by atoms with Crippen molar-refractivity contribution in [3.05, 3.63) is 64.2 Å². The number of nitrogens with two attached hydrogens (primary N) is 1. The van der Waals surface area contributed by atoms with Crippen LogP contribution in [0.15, 0.2) is 47.3 Å². The van der Waals surface area contributed by atoms with Crippen molar-refractivity contribution in [1.29, 1.82) is 0 Å². The van der Waals surface area contributed by atoms with E-state index in [-0.39, 0.29) is 22.7 Å². The second-order valence-corrected chi connectivity index (χ2v) is 6.55. The standard InChI is InChI=1S/C21H19N5O4/c1-11-7-4-5-8-12(11)19-23-15(18(22)27)16-20(25-19)26(21(28)24-16)13-9-6-10-14(29-2)17(13)30-3/h4-10H,1-3H3,(H2,22,27)(H,24,28). The molecule has 30 heavy (non-hydrogen) atoms. The first-order valence-corrected chi connectivity index (χ1v) is 9.06. The summed E-state index contributed by atoms with van der Waals surface area (Å²) in [6, 6.07) is 12.6. The van der Waals surface area contributed by atoms with E-state index in [4.69, 9.17) is 15.2 Å². The van der Waals surface area contributed by atoms with Gasteiger partial charge in [-0.3, -0.25) is 4.79 Å². The molecule has 0 bridgehead atoms. The second-order valence-electron chi connectivity index (χ2n) is 6.55. The van der Waals surface area contributed by atoms with E-state index in [1.807, 2.05) is 31.2 Å². The Morgan fingerprint density at radius 1 is 1.07 bits per heavy atom. The first-order chi connectivity index (χ1) is 14.5. The summed E-state index contributed by atoms with van der Waals surface area (Å²) in [5.41, 5.74) is 7.35. The highest BCUT2D eigenvalue weighted by atomic mass is 16.5. The van der Waals surface area contributed by atoms with Gasteiger partial charge in [0.15, 0.2) is 28.7 Å². The average Bonchev–Trinajstić information content (AvgIpc) is 3.07. The predicted octanol–water partition coefficient (Wildman–Crippen LogP) is 2.20. The normalized spacial score (nSPS) is 10.9. The van der Waals surface area contributed by atoms with Crippen molar-refractivity contribution >= 4 is 17.1 Å². The van der Waals surface area contributed by atoms with Gasteiger partial charge in [0.2, 0.25) is 0 Å². The first kappa shape index (κ1) is 19.2. The molecule has 1 amide bonds. The maximum Gasteiger partial charge on any atom is 0.332 e. The van der Waals surface area contributed by atoms with Gasteiger partial charge in [-0.05, 0) is 24.6 Å². The number of rotatable bonds is 5. The van der Waals surface area contributed by atoms with Crippen LogP contribution in [-0.4, -0.2) is 39.6 Å². The van der Waals surface area contributed by atoms with Crippen molar-refractivity contribution in [3.63, 3.8) is 0 Å². The zero-order chi connectivity index (χ0) is 21.4. The van der Waals surface area contributed by atoms with Crippen molar-refractivity contribution in [1.82, 2.24) is 19.5 Å². The summed E-state index contributed by atoms with van der Waals surface area (Å²) >= 11 is 0. The lowest BCUT2D eigenvalue weighted by Gasteiger charge is -2.13. The molecule has 0 aliphatic rings. The lowest BCUT2D eigenvalue weighted by atomic mass is 10.1. The van der Waals surface area contributed by atoms with Gasteiger partial charge in [-0.15, -0.1) is 0 Å². The van der Waals surface area contributed by atoms with E-state index in [1.165, 1.54) is 18.8 Å². The molecule has 9 heteroatoms. The van der Waals surface area contributed by atoms with Crippen LogP contribution in [0.25, 0.3) is 28.2 Å². The van der Waals surface area contributed by atoms with E-state index in [0.717, 1.165) is 11.1 Å². The number of H-pyrrole nitrogens is 1. The summed E-state index contributed by atoms with van der Waals surface area (Å²) in [5, 5.41) is 0. The van der Waals surface area contributed by atoms with Crippen LogP contribution in [0.3, 0.4) is 0 Å². The fourth-order valence-corrected chi connectivity index (χ4v) is 3.38. The molecule has 0 fully saturated rings. The highest BCUT2D eigenvalue weighted by Crippen LogP contribution is 2.34. The van der Waals surface area contributed by atoms with Gasteiger partial charge in [-0.25, -0.2) is 19.3 Å². The van der Waals surface area contributed by atoms with Crippen LogP contribution in [0, 0.1) is 6.92 Å². The third-order valence-electron chi connectivity index (χ3n) is 4.78. The fourth-order valence-electron chi connectivity index (χ4n) is 3.38. The number of imidazole rings is 1. The molecule has 0 aliphatic heterocycles. The highest BCUT2D eigenvalue weighted by Gasteiger charge is 2.23. The first-order valence-electron chi connectivity index (χ1n) is 9.06. The minimum Gasteiger partial charge on any atom is -0.493 e. The lowest BCUT2D eigenvalue weighted by molar-refractivity contribution is 0.0997. The molecule has 2 aromatic carbocycles. The van der Waals surface area contributed by atoms with Crippen LogP contribution < -0.4 is 20.9 Å². The Bertz CT molecular complexity index is 1340. The SMILES string of the molecule is COc1cccc(-n2c(=O)[nH]c3c(C(N)=O)nc(-c4ccccc4C)nc32)c1OC. The van der Waals surface area contributed by atoms with Crippen LogP contribution >= 0.6 is 0 Å². The highest BCUT2D eigenvalue weighted by molar-refractivity contribution is 6.02. The van der Waals surface area contributed by atoms with Crippen LogP contribution in [-0.2, 0) is 0 Å². The summed E-state index contributed by atoms with van der Waals surface area (Å²) in [4.78, 5) is 36.6. The topological polar surface area (TPSA) is 125 Å². The Kier molecular flexibility index (Phi) is 4.71. The Labute approximate surface area is 171 Å². The number of aromatic amines is 1. The van der Waals surface area contributed by atoms with Crippen molar-refractivity contribution in [2.75, 3.05) is 14.2 Å².